The van der Waals surface area contributed by atoms with Crippen LogP contribution >= 0.6 is 35.0 Å². The van der Waals surface area contributed by atoms with E-state index in [1.54, 1.807) is 38.4 Å². The Kier molecular flexibility index (Phi) is 7.94. The maximum absolute atomic E-state index is 14.0. The number of amides is 1. The zero-order valence-corrected chi connectivity index (χ0v) is 19.2. The molecular formula is C21H20Cl2FN3O3S. The molecule has 0 aliphatic carbocycles. The fourth-order valence-electron chi connectivity index (χ4n) is 2.91. The molecule has 6 nitrogen and oxygen atoms in total. The van der Waals surface area contributed by atoms with Gasteiger partial charge >= 0.3 is 0 Å². The van der Waals surface area contributed by atoms with E-state index in [-0.39, 0.29) is 40.9 Å². The van der Waals surface area contributed by atoms with Crippen LogP contribution in [0.3, 0.4) is 0 Å². The lowest BCUT2D eigenvalue weighted by molar-refractivity contribution is -0.127. The zero-order chi connectivity index (χ0) is 22.5. The van der Waals surface area contributed by atoms with Crippen molar-refractivity contribution in [1.82, 2.24) is 14.5 Å². The lowest BCUT2D eigenvalue weighted by Gasteiger charge is -2.19. The third-order valence-electron chi connectivity index (χ3n) is 4.61. The van der Waals surface area contributed by atoms with Crippen LogP contribution in [0.2, 0.25) is 10.0 Å². The van der Waals surface area contributed by atoms with E-state index in [1.807, 2.05) is 0 Å². The average Bonchev–Trinajstić information content (AvgIpc) is 2.73. The minimum atomic E-state index is -0.471. The topological polar surface area (TPSA) is 64.4 Å². The zero-order valence-electron chi connectivity index (χ0n) is 16.9. The number of hydrogen-bond acceptors (Lipinski definition) is 5. The van der Waals surface area contributed by atoms with Gasteiger partial charge in [0.05, 0.1) is 29.8 Å². The summed E-state index contributed by atoms with van der Waals surface area (Å²) >= 11 is 13.2. The first-order valence-corrected chi connectivity index (χ1v) is 11.0. The summed E-state index contributed by atoms with van der Waals surface area (Å²) in [6.07, 6.45) is 0. The Morgan fingerprint density at radius 3 is 2.77 bits per heavy atom. The molecule has 0 spiro atoms. The van der Waals surface area contributed by atoms with Gasteiger partial charge in [0, 0.05) is 36.3 Å². The van der Waals surface area contributed by atoms with Crippen molar-refractivity contribution in [3.63, 3.8) is 0 Å². The summed E-state index contributed by atoms with van der Waals surface area (Å²) < 4.78 is 20.6. The van der Waals surface area contributed by atoms with Crippen LogP contribution in [0.4, 0.5) is 4.39 Å². The number of aromatic nitrogens is 2. The molecule has 164 valence electrons. The maximum Gasteiger partial charge on any atom is 0.262 e. The summed E-state index contributed by atoms with van der Waals surface area (Å²) in [6, 6.07) is 9.25. The normalized spacial score (nSPS) is 11.1. The molecule has 1 aromatic heterocycles. The number of halogens is 3. The number of thioether (sulfide) groups is 1. The Balaban J connectivity index is 1.81. The van der Waals surface area contributed by atoms with Crippen molar-refractivity contribution in [1.29, 1.82) is 0 Å². The number of benzene rings is 2. The van der Waals surface area contributed by atoms with Crippen LogP contribution in [-0.2, 0) is 22.6 Å². The molecule has 0 atom stereocenters. The van der Waals surface area contributed by atoms with Gasteiger partial charge in [0.1, 0.15) is 5.82 Å². The van der Waals surface area contributed by atoms with Gasteiger partial charge in [-0.15, -0.1) is 0 Å². The predicted molar refractivity (Wildman–Crippen MR) is 121 cm³/mol. The molecule has 0 bridgehead atoms. The Morgan fingerprint density at radius 2 is 2.06 bits per heavy atom. The van der Waals surface area contributed by atoms with Crippen LogP contribution < -0.4 is 5.56 Å². The highest BCUT2D eigenvalue weighted by Gasteiger charge is 2.17. The smallest absolute Gasteiger partial charge is 0.262 e. The van der Waals surface area contributed by atoms with Crippen molar-refractivity contribution in [2.24, 2.45) is 0 Å². The molecule has 0 N–H and O–H groups in total. The summed E-state index contributed by atoms with van der Waals surface area (Å²) in [5, 5.41) is 1.53. The van der Waals surface area contributed by atoms with E-state index in [4.69, 9.17) is 27.9 Å². The Bertz CT molecular complexity index is 1150. The lowest BCUT2D eigenvalue weighted by Crippen LogP contribution is -2.29. The number of methoxy groups -OCH3 is 1. The van der Waals surface area contributed by atoms with E-state index < -0.39 is 5.82 Å². The maximum atomic E-state index is 14.0. The highest BCUT2D eigenvalue weighted by Crippen LogP contribution is 2.23. The van der Waals surface area contributed by atoms with Gasteiger partial charge < -0.3 is 9.64 Å². The summed E-state index contributed by atoms with van der Waals surface area (Å²) in [7, 11) is 3.11. The van der Waals surface area contributed by atoms with Crippen LogP contribution in [0.1, 0.15) is 5.56 Å². The van der Waals surface area contributed by atoms with Crippen LogP contribution in [0.15, 0.2) is 46.3 Å². The number of hydrogen-bond donors (Lipinski definition) is 0. The summed E-state index contributed by atoms with van der Waals surface area (Å²) in [5.74, 6) is -0.724. The monoisotopic (exact) mass is 483 g/mol. The molecule has 0 saturated carbocycles. The standard InChI is InChI=1S/C21H20Cl2FN3O3S/c1-26(11-15-16(23)4-3-5-17(15)24)19(28)12-31-21-25-18-10-13(22)6-7-14(18)20(29)27(21)8-9-30-2/h3-7,10H,8-9,11-12H2,1-2H3. The van der Waals surface area contributed by atoms with Crippen molar-refractivity contribution in [3.8, 4) is 0 Å². The summed E-state index contributed by atoms with van der Waals surface area (Å²) in [5.41, 5.74) is 0.466. The molecule has 1 amide bonds. The summed E-state index contributed by atoms with van der Waals surface area (Å²) in [4.78, 5) is 31.5. The number of nitrogens with zero attached hydrogens (tertiary/aromatic N) is 3. The Morgan fingerprint density at radius 1 is 1.29 bits per heavy atom. The van der Waals surface area contributed by atoms with Gasteiger partial charge in [0.2, 0.25) is 5.91 Å². The van der Waals surface area contributed by atoms with Crippen molar-refractivity contribution < 1.29 is 13.9 Å². The highest BCUT2D eigenvalue weighted by atomic mass is 35.5. The van der Waals surface area contributed by atoms with E-state index in [0.29, 0.717) is 27.7 Å². The second-order valence-corrected chi connectivity index (χ2v) is 8.53. The number of carbonyl (C=O) groups excluding carboxylic acids is 1. The first-order chi connectivity index (χ1) is 14.8. The van der Waals surface area contributed by atoms with Gasteiger partial charge in [-0.05, 0) is 30.3 Å². The van der Waals surface area contributed by atoms with Crippen LogP contribution in [0, 0.1) is 5.82 Å². The second kappa shape index (κ2) is 10.5. The first-order valence-electron chi connectivity index (χ1n) is 9.30. The molecule has 31 heavy (non-hydrogen) atoms. The molecule has 10 heteroatoms. The average molecular weight is 484 g/mol. The SMILES string of the molecule is COCCn1c(SCC(=O)N(C)Cc2c(F)cccc2Cl)nc2cc(Cl)ccc2c1=O. The Labute approximate surface area is 192 Å². The highest BCUT2D eigenvalue weighted by molar-refractivity contribution is 7.99. The molecule has 0 unspecified atom stereocenters. The first kappa shape index (κ1) is 23.5. The molecule has 3 aromatic rings. The lowest BCUT2D eigenvalue weighted by atomic mass is 10.2. The number of fused-ring (bicyclic) bond motifs is 1. The molecular weight excluding hydrogens is 464 g/mol. The van der Waals surface area contributed by atoms with Gasteiger partial charge in [0.25, 0.3) is 5.56 Å². The van der Waals surface area contributed by atoms with Crippen molar-refractivity contribution in [2.45, 2.75) is 18.2 Å². The molecule has 2 aromatic carbocycles. The molecule has 0 saturated heterocycles. The van der Waals surface area contributed by atoms with Gasteiger partial charge in [-0.1, -0.05) is 41.0 Å². The minimum Gasteiger partial charge on any atom is -0.383 e. The number of rotatable bonds is 8. The van der Waals surface area contributed by atoms with Crippen LogP contribution in [-0.4, -0.2) is 46.9 Å². The summed E-state index contributed by atoms with van der Waals surface area (Å²) in [6.45, 7) is 0.633. The quantitative estimate of drug-likeness (QED) is 0.354. The Hall–Kier alpha value is -2.13. The minimum absolute atomic E-state index is 0.00800. The van der Waals surface area contributed by atoms with E-state index in [2.05, 4.69) is 4.98 Å². The van der Waals surface area contributed by atoms with Gasteiger partial charge in [-0.2, -0.15) is 0 Å². The third-order valence-corrected chi connectivity index (χ3v) is 6.16. The van der Waals surface area contributed by atoms with Crippen molar-refractivity contribution in [3.05, 3.63) is 68.2 Å². The van der Waals surface area contributed by atoms with Crippen molar-refractivity contribution in [2.75, 3.05) is 26.5 Å². The molecule has 1 heterocycles. The largest absolute Gasteiger partial charge is 0.383 e. The predicted octanol–water partition coefficient (Wildman–Crippen LogP) is 4.24. The van der Waals surface area contributed by atoms with E-state index in [0.717, 1.165) is 11.8 Å². The molecule has 0 aliphatic rings. The van der Waals surface area contributed by atoms with Gasteiger partial charge in [-0.3, -0.25) is 14.2 Å². The third kappa shape index (κ3) is 5.57. The number of carbonyl (C=O) groups is 1. The number of ether oxygens (including phenoxy) is 1. The molecule has 0 fully saturated rings. The van der Waals surface area contributed by atoms with Gasteiger partial charge in [-0.25, -0.2) is 9.37 Å². The fourth-order valence-corrected chi connectivity index (χ4v) is 4.26. The van der Waals surface area contributed by atoms with E-state index in [9.17, 15) is 14.0 Å². The van der Waals surface area contributed by atoms with Crippen LogP contribution in [0.25, 0.3) is 10.9 Å². The second-order valence-electron chi connectivity index (χ2n) is 6.74. The van der Waals surface area contributed by atoms with E-state index in [1.165, 1.54) is 21.6 Å². The molecule has 0 aliphatic heterocycles. The van der Waals surface area contributed by atoms with E-state index >= 15 is 0 Å². The van der Waals surface area contributed by atoms with Crippen molar-refractivity contribution >= 4 is 51.8 Å². The van der Waals surface area contributed by atoms with Gasteiger partial charge in [0.15, 0.2) is 5.16 Å². The van der Waals surface area contributed by atoms with Crippen LogP contribution in [0.5, 0.6) is 0 Å². The fraction of sp³-hybridized carbons (Fsp3) is 0.286. The molecule has 3 rings (SSSR count). The molecule has 0 radical (unpaired) electrons.